The van der Waals surface area contributed by atoms with Crippen molar-refractivity contribution in [2.45, 2.75) is 19.4 Å². The van der Waals surface area contributed by atoms with Gasteiger partial charge in [-0.15, -0.1) is 0 Å². The Bertz CT molecular complexity index is 1220. The lowest BCUT2D eigenvalue weighted by atomic mass is 10.1. The molecule has 0 radical (unpaired) electrons. The first-order chi connectivity index (χ1) is 15.0. The van der Waals surface area contributed by atoms with Crippen LogP contribution in [0.5, 0.6) is 5.75 Å². The summed E-state index contributed by atoms with van der Waals surface area (Å²) in [7, 11) is 0. The summed E-state index contributed by atoms with van der Waals surface area (Å²) in [5.74, 6) is -0.441. The van der Waals surface area contributed by atoms with Crippen molar-refractivity contribution in [3.05, 3.63) is 60.7 Å². The molecule has 3 amide bonds. The van der Waals surface area contributed by atoms with Gasteiger partial charge in [-0.1, -0.05) is 36.4 Å². The topological polar surface area (TPSA) is 87.7 Å². The third-order valence-corrected chi connectivity index (χ3v) is 5.73. The minimum Gasteiger partial charge on any atom is -0.479 e. The number of ether oxygens (including phenoxy) is 1. The fourth-order valence-electron chi connectivity index (χ4n) is 4.09. The van der Waals surface area contributed by atoms with Gasteiger partial charge in [-0.05, 0) is 36.6 Å². The fourth-order valence-corrected chi connectivity index (χ4v) is 4.09. The summed E-state index contributed by atoms with van der Waals surface area (Å²) in [6, 6.07) is 18.8. The summed E-state index contributed by atoms with van der Waals surface area (Å²) in [5, 5.41) is 7.67. The van der Waals surface area contributed by atoms with Crippen molar-refractivity contribution >= 4 is 45.6 Å². The number of anilines is 3. The monoisotopic (exact) mass is 415 g/mol. The van der Waals surface area contributed by atoms with Crippen LogP contribution in [-0.4, -0.2) is 30.4 Å². The number of fused-ring (bicyclic) bond motifs is 2. The van der Waals surface area contributed by atoms with Gasteiger partial charge in [-0.3, -0.25) is 14.4 Å². The molecule has 0 bridgehead atoms. The lowest BCUT2D eigenvalue weighted by Gasteiger charge is -2.24. The molecule has 3 aromatic carbocycles. The van der Waals surface area contributed by atoms with Crippen molar-refractivity contribution in [2.75, 3.05) is 22.1 Å². The maximum Gasteiger partial charge on any atom is 0.265 e. The van der Waals surface area contributed by atoms with Crippen molar-refractivity contribution in [3.63, 3.8) is 0 Å². The maximum atomic E-state index is 12.9. The molecule has 5 rings (SSSR count). The van der Waals surface area contributed by atoms with Crippen LogP contribution in [0, 0.1) is 5.92 Å². The molecule has 1 saturated heterocycles. The summed E-state index contributed by atoms with van der Waals surface area (Å²) in [6.07, 6.45) is -0.408. The van der Waals surface area contributed by atoms with Gasteiger partial charge in [0.1, 0.15) is 5.75 Å². The molecule has 0 saturated carbocycles. The first-order valence-electron chi connectivity index (χ1n) is 10.2. The van der Waals surface area contributed by atoms with E-state index in [1.807, 2.05) is 42.5 Å². The molecule has 7 heteroatoms. The molecule has 2 heterocycles. The van der Waals surface area contributed by atoms with E-state index in [-0.39, 0.29) is 24.1 Å². The molecule has 0 unspecified atom stereocenters. The van der Waals surface area contributed by atoms with Crippen molar-refractivity contribution < 1.29 is 19.1 Å². The number of hydrogen-bond acceptors (Lipinski definition) is 4. The van der Waals surface area contributed by atoms with Gasteiger partial charge in [-0.25, -0.2) is 0 Å². The highest BCUT2D eigenvalue weighted by Crippen LogP contribution is 2.34. The first-order valence-corrected chi connectivity index (χ1v) is 10.2. The van der Waals surface area contributed by atoms with E-state index in [0.29, 0.717) is 23.7 Å². The second-order valence-corrected chi connectivity index (χ2v) is 7.85. The van der Waals surface area contributed by atoms with Crippen LogP contribution >= 0.6 is 0 Å². The summed E-state index contributed by atoms with van der Waals surface area (Å²) in [4.78, 5) is 39.1. The Morgan fingerprint density at radius 1 is 1.10 bits per heavy atom. The highest BCUT2D eigenvalue weighted by atomic mass is 16.5. The van der Waals surface area contributed by atoms with E-state index in [4.69, 9.17) is 4.74 Å². The van der Waals surface area contributed by atoms with E-state index in [9.17, 15) is 14.4 Å². The van der Waals surface area contributed by atoms with Gasteiger partial charge in [0.05, 0.1) is 17.3 Å². The third-order valence-electron chi connectivity index (χ3n) is 5.73. The highest BCUT2D eigenvalue weighted by Gasteiger charge is 2.36. The van der Waals surface area contributed by atoms with Gasteiger partial charge in [0.15, 0.2) is 6.10 Å². The molecule has 2 aliphatic rings. The second-order valence-electron chi connectivity index (χ2n) is 7.85. The largest absolute Gasteiger partial charge is 0.479 e. The average Bonchev–Trinajstić information content (AvgIpc) is 3.16. The molecule has 156 valence electrons. The Morgan fingerprint density at radius 2 is 1.90 bits per heavy atom. The van der Waals surface area contributed by atoms with Gasteiger partial charge < -0.3 is 20.3 Å². The fraction of sp³-hybridized carbons (Fsp3) is 0.208. The van der Waals surface area contributed by atoms with E-state index >= 15 is 0 Å². The molecule has 2 atom stereocenters. The molecular formula is C24H21N3O4. The van der Waals surface area contributed by atoms with Crippen molar-refractivity contribution in [3.8, 4) is 5.75 Å². The number of rotatable bonds is 3. The van der Waals surface area contributed by atoms with E-state index < -0.39 is 12.0 Å². The van der Waals surface area contributed by atoms with E-state index in [0.717, 1.165) is 16.5 Å². The van der Waals surface area contributed by atoms with Crippen LogP contribution in [0.25, 0.3) is 10.8 Å². The predicted molar refractivity (Wildman–Crippen MR) is 118 cm³/mol. The van der Waals surface area contributed by atoms with Gasteiger partial charge in [-0.2, -0.15) is 0 Å². The Labute approximate surface area is 179 Å². The van der Waals surface area contributed by atoms with E-state index in [2.05, 4.69) is 10.6 Å². The lowest BCUT2D eigenvalue weighted by molar-refractivity contribution is -0.122. The normalized spacial score (nSPS) is 20.2. The van der Waals surface area contributed by atoms with Gasteiger partial charge in [0, 0.05) is 24.0 Å². The number of carbonyl (C=O) groups excluding carboxylic acids is 3. The minimum atomic E-state index is -0.558. The summed E-state index contributed by atoms with van der Waals surface area (Å²) in [5.41, 5.74) is 1.88. The van der Waals surface area contributed by atoms with Crippen molar-refractivity contribution in [2.24, 2.45) is 5.92 Å². The van der Waals surface area contributed by atoms with Crippen LogP contribution < -0.4 is 20.3 Å². The molecular weight excluding hydrogens is 394 g/mol. The zero-order valence-electron chi connectivity index (χ0n) is 16.9. The zero-order chi connectivity index (χ0) is 21.5. The molecule has 2 aliphatic heterocycles. The average molecular weight is 415 g/mol. The number of hydrogen-bond donors (Lipinski definition) is 2. The van der Waals surface area contributed by atoms with Crippen molar-refractivity contribution in [1.82, 2.24) is 0 Å². The molecule has 1 fully saturated rings. The summed E-state index contributed by atoms with van der Waals surface area (Å²) in [6.45, 7) is 1.99. The van der Waals surface area contributed by atoms with Crippen LogP contribution in [0.3, 0.4) is 0 Å². The van der Waals surface area contributed by atoms with Gasteiger partial charge in [0.25, 0.3) is 5.91 Å². The number of nitrogens with zero attached hydrogens (tertiary/aromatic N) is 1. The molecule has 31 heavy (non-hydrogen) atoms. The third kappa shape index (κ3) is 3.48. The zero-order valence-corrected chi connectivity index (χ0v) is 16.9. The molecule has 7 nitrogen and oxygen atoms in total. The quantitative estimate of drug-likeness (QED) is 0.685. The molecule has 3 aromatic rings. The Balaban J connectivity index is 1.33. The molecule has 0 spiro atoms. The molecule has 2 N–H and O–H groups in total. The minimum absolute atomic E-state index is 0.0726. The van der Waals surface area contributed by atoms with E-state index in [1.165, 1.54) is 0 Å². The second kappa shape index (κ2) is 7.43. The Kier molecular flexibility index (Phi) is 4.58. The molecule has 0 aliphatic carbocycles. The standard InChI is InChI=1S/C24H21N3O4/c1-14-23(29)26-19-12-17(9-10-21(19)31-14)25-24(30)16-11-22(28)27(13-16)20-8-4-6-15-5-2-3-7-18(15)20/h2-10,12,14,16H,11,13H2,1H3,(H,25,30)(H,26,29)/t14-,16+/m0/s1. The molecule has 0 aromatic heterocycles. The maximum absolute atomic E-state index is 12.9. The number of carbonyl (C=O) groups is 3. The van der Waals surface area contributed by atoms with Crippen LogP contribution in [0.1, 0.15) is 13.3 Å². The number of nitrogens with one attached hydrogen (secondary N) is 2. The number of benzene rings is 3. The Hall–Kier alpha value is -3.87. The number of amides is 3. The smallest absolute Gasteiger partial charge is 0.265 e. The van der Waals surface area contributed by atoms with Crippen LogP contribution in [-0.2, 0) is 14.4 Å². The summed E-state index contributed by atoms with van der Waals surface area (Å²) >= 11 is 0. The van der Waals surface area contributed by atoms with Crippen LogP contribution in [0.15, 0.2) is 60.7 Å². The summed E-state index contributed by atoms with van der Waals surface area (Å²) < 4.78 is 5.54. The van der Waals surface area contributed by atoms with Crippen LogP contribution in [0.4, 0.5) is 17.1 Å². The SMILES string of the molecule is C[C@@H]1Oc2ccc(NC(=O)[C@@H]3CC(=O)N(c4cccc5ccccc45)C3)cc2NC1=O. The van der Waals surface area contributed by atoms with Crippen LogP contribution in [0.2, 0.25) is 0 Å². The van der Waals surface area contributed by atoms with Gasteiger partial charge >= 0.3 is 0 Å². The predicted octanol–water partition coefficient (Wildman–Crippen LogP) is 3.55. The first kappa shape index (κ1) is 19.1. The Morgan fingerprint density at radius 3 is 2.77 bits per heavy atom. The van der Waals surface area contributed by atoms with Gasteiger partial charge in [0.2, 0.25) is 11.8 Å². The van der Waals surface area contributed by atoms with E-state index in [1.54, 1.807) is 30.0 Å². The highest BCUT2D eigenvalue weighted by molar-refractivity contribution is 6.08. The van der Waals surface area contributed by atoms with Crippen molar-refractivity contribution in [1.29, 1.82) is 0 Å². The lowest BCUT2D eigenvalue weighted by Crippen LogP contribution is -2.34.